The molecular formula is C17H12N4O4S. The Hall–Kier alpha value is -3.59. The average Bonchev–Trinajstić information content (AvgIpc) is 3.13. The van der Waals surface area contributed by atoms with Crippen LogP contribution in [0.4, 0.5) is 11.4 Å². The Balaban J connectivity index is 1.69. The van der Waals surface area contributed by atoms with E-state index >= 15 is 0 Å². The second-order valence-corrected chi connectivity index (χ2v) is 5.53. The van der Waals surface area contributed by atoms with E-state index in [0.717, 1.165) is 0 Å². The number of nitro groups is 1. The van der Waals surface area contributed by atoms with Gasteiger partial charge in [0, 0.05) is 23.9 Å². The Morgan fingerprint density at radius 3 is 2.77 bits per heavy atom. The number of aromatic nitrogens is 1. The molecule has 0 atom stereocenters. The van der Waals surface area contributed by atoms with Crippen molar-refractivity contribution in [3.8, 4) is 11.3 Å². The number of carbonyl (C=O) groups is 1. The van der Waals surface area contributed by atoms with Gasteiger partial charge in [0.1, 0.15) is 5.76 Å². The third-order valence-electron chi connectivity index (χ3n) is 3.32. The lowest BCUT2D eigenvalue weighted by Crippen LogP contribution is -2.33. The smallest absolute Gasteiger partial charge is 0.293 e. The van der Waals surface area contributed by atoms with Crippen molar-refractivity contribution in [3.05, 3.63) is 76.8 Å². The number of thiocarbonyl (C=S) groups is 1. The molecule has 2 aromatic heterocycles. The van der Waals surface area contributed by atoms with E-state index in [4.69, 9.17) is 16.6 Å². The van der Waals surface area contributed by atoms with Crippen LogP contribution in [0.2, 0.25) is 0 Å². The highest BCUT2D eigenvalue weighted by Crippen LogP contribution is 2.25. The predicted octanol–water partition coefficient (Wildman–Crippen LogP) is 3.38. The minimum absolute atomic E-state index is 0.0295. The molecule has 1 amide bonds. The topological polar surface area (TPSA) is 110 Å². The molecular weight excluding hydrogens is 356 g/mol. The Morgan fingerprint density at radius 1 is 1.19 bits per heavy atom. The zero-order chi connectivity index (χ0) is 18.5. The number of benzene rings is 1. The van der Waals surface area contributed by atoms with Crippen LogP contribution in [0.5, 0.6) is 0 Å². The number of nitrogens with one attached hydrogen (secondary N) is 2. The van der Waals surface area contributed by atoms with Crippen LogP contribution in [0, 0.1) is 10.1 Å². The van der Waals surface area contributed by atoms with Gasteiger partial charge in [-0.3, -0.25) is 25.2 Å². The molecule has 0 fully saturated rings. The van der Waals surface area contributed by atoms with Crippen LogP contribution in [0.1, 0.15) is 10.6 Å². The third-order valence-corrected chi connectivity index (χ3v) is 3.52. The molecule has 0 aliphatic carbocycles. The maximum absolute atomic E-state index is 12.2. The predicted molar refractivity (Wildman–Crippen MR) is 98.7 cm³/mol. The molecule has 0 unspecified atom stereocenters. The number of furan rings is 1. The lowest BCUT2D eigenvalue weighted by molar-refractivity contribution is -0.384. The number of non-ortho nitro benzene ring substituents is 1. The van der Waals surface area contributed by atoms with E-state index in [2.05, 4.69) is 15.6 Å². The van der Waals surface area contributed by atoms with E-state index in [9.17, 15) is 14.9 Å². The molecule has 9 heteroatoms. The number of amides is 1. The molecule has 0 saturated carbocycles. The molecule has 1 aromatic carbocycles. The molecule has 0 saturated heterocycles. The first-order valence-corrected chi connectivity index (χ1v) is 7.81. The fourth-order valence-electron chi connectivity index (χ4n) is 2.15. The zero-order valence-corrected chi connectivity index (χ0v) is 14.0. The quantitative estimate of drug-likeness (QED) is 0.413. The van der Waals surface area contributed by atoms with Gasteiger partial charge in [0.25, 0.3) is 11.6 Å². The summed E-state index contributed by atoms with van der Waals surface area (Å²) in [5.74, 6) is -0.171. The Bertz CT molecular complexity index is 972. The molecule has 3 rings (SSSR count). The Labute approximate surface area is 153 Å². The third kappa shape index (κ3) is 4.08. The van der Waals surface area contributed by atoms with E-state index in [1.165, 1.54) is 18.2 Å². The van der Waals surface area contributed by atoms with Crippen molar-refractivity contribution in [1.82, 2.24) is 10.3 Å². The van der Waals surface area contributed by atoms with Crippen molar-refractivity contribution in [1.29, 1.82) is 0 Å². The van der Waals surface area contributed by atoms with E-state index < -0.39 is 10.8 Å². The summed E-state index contributed by atoms with van der Waals surface area (Å²) in [6.07, 6.45) is 3.18. The first-order chi connectivity index (χ1) is 12.5. The van der Waals surface area contributed by atoms with Crippen LogP contribution >= 0.6 is 12.2 Å². The van der Waals surface area contributed by atoms with Crippen LogP contribution in [0.3, 0.4) is 0 Å². The number of pyridine rings is 1. The maximum atomic E-state index is 12.2. The number of hydrogen-bond donors (Lipinski definition) is 2. The van der Waals surface area contributed by atoms with Gasteiger partial charge in [0.2, 0.25) is 0 Å². The summed E-state index contributed by atoms with van der Waals surface area (Å²) in [5.41, 5.74) is 1.07. The minimum Gasteiger partial charge on any atom is -0.451 e. The van der Waals surface area contributed by atoms with Crippen LogP contribution < -0.4 is 10.6 Å². The number of nitrogens with zero attached hydrogens (tertiary/aromatic N) is 2. The SMILES string of the molecule is O=C(NC(=S)Nc1cccnc1)c1ccc(-c2cccc([N+](=O)[O-])c2)o1. The fourth-order valence-corrected chi connectivity index (χ4v) is 2.36. The molecule has 2 heterocycles. The van der Waals surface area contributed by atoms with E-state index in [-0.39, 0.29) is 16.6 Å². The number of hydrogen-bond acceptors (Lipinski definition) is 6. The van der Waals surface area contributed by atoms with Gasteiger partial charge >= 0.3 is 0 Å². The molecule has 130 valence electrons. The van der Waals surface area contributed by atoms with Gasteiger partial charge in [0.05, 0.1) is 16.8 Å². The summed E-state index contributed by atoms with van der Waals surface area (Å²) in [7, 11) is 0. The second kappa shape index (κ2) is 7.53. The van der Waals surface area contributed by atoms with Crippen molar-refractivity contribution < 1.29 is 14.1 Å². The maximum Gasteiger partial charge on any atom is 0.293 e. The normalized spacial score (nSPS) is 10.2. The van der Waals surface area contributed by atoms with Gasteiger partial charge in [-0.15, -0.1) is 0 Å². The molecule has 0 bridgehead atoms. The molecule has 0 aliphatic heterocycles. The fraction of sp³-hybridized carbons (Fsp3) is 0. The minimum atomic E-state index is -0.539. The zero-order valence-electron chi connectivity index (χ0n) is 13.2. The summed E-state index contributed by atoms with van der Waals surface area (Å²) in [4.78, 5) is 26.5. The first kappa shape index (κ1) is 17.2. The Morgan fingerprint density at radius 2 is 2.04 bits per heavy atom. The molecule has 0 spiro atoms. The molecule has 0 radical (unpaired) electrons. The summed E-state index contributed by atoms with van der Waals surface area (Å²) in [6, 6.07) is 12.5. The highest BCUT2D eigenvalue weighted by molar-refractivity contribution is 7.80. The van der Waals surface area contributed by atoms with E-state index in [1.807, 2.05) is 0 Å². The average molecular weight is 368 g/mol. The number of nitro benzene ring substituents is 1. The van der Waals surface area contributed by atoms with Gasteiger partial charge in [0.15, 0.2) is 10.9 Å². The van der Waals surface area contributed by atoms with Crippen molar-refractivity contribution in [3.63, 3.8) is 0 Å². The van der Waals surface area contributed by atoms with Crippen LogP contribution in [0.25, 0.3) is 11.3 Å². The monoisotopic (exact) mass is 368 g/mol. The summed E-state index contributed by atoms with van der Waals surface area (Å²) in [6.45, 7) is 0. The van der Waals surface area contributed by atoms with Crippen LogP contribution in [0.15, 0.2) is 65.3 Å². The van der Waals surface area contributed by atoms with Crippen LogP contribution in [-0.2, 0) is 0 Å². The molecule has 8 nitrogen and oxygen atoms in total. The molecule has 0 aliphatic rings. The number of rotatable bonds is 4. The number of carbonyl (C=O) groups excluding carboxylic acids is 1. The van der Waals surface area contributed by atoms with Crippen molar-refractivity contribution >= 4 is 34.6 Å². The molecule has 26 heavy (non-hydrogen) atoms. The van der Waals surface area contributed by atoms with Crippen molar-refractivity contribution in [2.45, 2.75) is 0 Å². The van der Waals surface area contributed by atoms with E-state index in [1.54, 1.807) is 42.7 Å². The van der Waals surface area contributed by atoms with Gasteiger partial charge in [-0.25, -0.2) is 0 Å². The number of anilines is 1. The lowest BCUT2D eigenvalue weighted by atomic mass is 10.1. The standard InChI is InChI=1S/C17H12N4O4S/c22-16(20-17(26)19-12-4-2-8-18-10-12)15-7-6-14(25-15)11-3-1-5-13(9-11)21(23)24/h1-10H,(H2,19,20,22,26). The lowest BCUT2D eigenvalue weighted by Gasteiger charge is -2.07. The molecule has 2 N–H and O–H groups in total. The summed E-state index contributed by atoms with van der Waals surface area (Å²) < 4.78 is 5.48. The second-order valence-electron chi connectivity index (χ2n) is 5.12. The van der Waals surface area contributed by atoms with Crippen molar-refractivity contribution in [2.75, 3.05) is 5.32 Å². The Kier molecular flexibility index (Phi) is 4.99. The molecule has 3 aromatic rings. The largest absolute Gasteiger partial charge is 0.451 e. The summed E-state index contributed by atoms with van der Waals surface area (Å²) in [5, 5.41) is 16.3. The van der Waals surface area contributed by atoms with E-state index in [0.29, 0.717) is 17.0 Å². The highest BCUT2D eigenvalue weighted by atomic mass is 32.1. The van der Waals surface area contributed by atoms with Gasteiger partial charge in [-0.1, -0.05) is 12.1 Å². The van der Waals surface area contributed by atoms with Gasteiger partial charge in [-0.2, -0.15) is 0 Å². The van der Waals surface area contributed by atoms with Crippen molar-refractivity contribution in [2.24, 2.45) is 0 Å². The van der Waals surface area contributed by atoms with Gasteiger partial charge in [-0.05, 0) is 36.5 Å². The highest BCUT2D eigenvalue weighted by Gasteiger charge is 2.15. The summed E-state index contributed by atoms with van der Waals surface area (Å²) >= 11 is 5.07. The van der Waals surface area contributed by atoms with Crippen LogP contribution in [-0.4, -0.2) is 20.9 Å². The van der Waals surface area contributed by atoms with Gasteiger partial charge < -0.3 is 9.73 Å². The first-order valence-electron chi connectivity index (χ1n) is 7.40.